The topological polar surface area (TPSA) is 33.6 Å². The second-order valence-corrected chi connectivity index (χ2v) is 4.86. The van der Waals surface area contributed by atoms with E-state index >= 15 is 0 Å². The van der Waals surface area contributed by atoms with Crippen molar-refractivity contribution in [3.63, 3.8) is 0 Å². The van der Waals surface area contributed by atoms with Gasteiger partial charge in [0, 0.05) is 18.3 Å². The third-order valence-electron chi connectivity index (χ3n) is 2.38. The number of hydrogen-bond acceptors (Lipinski definition) is 3. The summed E-state index contributed by atoms with van der Waals surface area (Å²) >= 11 is 6.86. The van der Waals surface area contributed by atoms with Crippen molar-refractivity contribution in [3.05, 3.63) is 33.0 Å². The van der Waals surface area contributed by atoms with E-state index in [-0.39, 0.29) is 0 Å². The third kappa shape index (κ3) is 2.54. The van der Waals surface area contributed by atoms with Crippen LogP contribution in [0, 0.1) is 4.77 Å². The molecule has 1 N–H and O–H groups in total. The second-order valence-electron chi connectivity index (χ2n) is 3.44. The van der Waals surface area contributed by atoms with Crippen molar-refractivity contribution in [2.75, 3.05) is 0 Å². The summed E-state index contributed by atoms with van der Waals surface area (Å²) in [7, 11) is 1.95. The van der Waals surface area contributed by atoms with Crippen molar-refractivity contribution >= 4 is 23.6 Å². The average Bonchev–Trinajstić information content (AvgIpc) is 2.83. The van der Waals surface area contributed by atoms with Crippen LogP contribution >= 0.6 is 23.6 Å². The fraction of sp³-hybridized carbons (Fsp3) is 0.400. The molecule has 0 unspecified atom stereocenters. The highest BCUT2D eigenvalue weighted by Crippen LogP contribution is 2.12. The lowest BCUT2D eigenvalue weighted by atomic mass is 10.2. The van der Waals surface area contributed by atoms with Crippen molar-refractivity contribution in [2.45, 2.75) is 19.3 Å². The van der Waals surface area contributed by atoms with Gasteiger partial charge in [-0.05, 0) is 36.5 Å². The molecule has 2 heterocycles. The van der Waals surface area contributed by atoms with Gasteiger partial charge >= 0.3 is 0 Å². The maximum absolute atomic E-state index is 5.05. The summed E-state index contributed by atoms with van der Waals surface area (Å²) in [6.07, 6.45) is 3.22. The molecule has 0 fully saturated rings. The van der Waals surface area contributed by atoms with Gasteiger partial charge in [0.25, 0.3) is 0 Å². The highest BCUT2D eigenvalue weighted by Gasteiger charge is 2.02. The molecule has 15 heavy (non-hydrogen) atoms. The molecular formula is C10H13N3S2. The molecule has 3 nitrogen and oxygen atoms in total. The van der Waals surface area contributed by atoms with Crippen LogP contribution in [-0.2, 0) is 19.9 Å². The maximum Gasteiger partial charge on any atom is 0.194 e. The van der Waals surface area contributed by atoms with Crippen LogP contribution in [0.3, 0.4) is 0 Å². The van der Waals surface area contributed by atoms with Gasteiger partial charge in [-0.2, -0.15) is 5.10 Å². The van der Waals surface area contributed by atoms with Crippen LogP contribution < -0.4 is 0 Å². The molecule has 0 radical (unpaired) electrons. The number of nitrogens with one attached hydrogen (secondary N) is 1. The summed E-state index contributed by atoms with van der Waals surface area (Å²) in [6.45, 7) is 0. The Labute approximate surface area is 97.8 Å². The highest BCUT2D eigenvalue weighted by molar-refractivity contribution is 7.71. The number of thiophene rings is 1. The molecule has 0 aliphatic carbocycles. The molecular weight excluding hydrogens is 226 g/mol. The van der Waals surface area contributed by atoms with E-state index in [1.807, 2.05) is 23.0 Å². The van der Waals surface area contributed by atoms with Crippen LogP contribution in [0.5, 0.6) is 0 Å². The molecule has 5 heteroatoms. The summed E-state index contributed by atoms with van der Waals surface area (Å²) in [5, 5.41) is 9.10. The first kappa shape index (κ1) is 10.6. The normalized spacial score (nSPS) is 10.7. The molecule has 0 aliphatic heterocycles. The van der Waals surface area contributed by atoms with Gasteiger partial charge in [0.15, 0.2) is 4.77 Å². The van der Waals surface area contributed by atoms with Gasteiger partial charge in [0.2, 0.25) is 0 Å². The van der Waals surface area contributed by atoms with Crippen molar-refractivity contribution in [1.29, 1.82) is 0 Å². The minimum absolute atomic E-state index is 0.695. The SMILES string of the molecule is Cn1c(CCCc2cccs2)n[nH]c1=S. The zero-order valence-electron chi connectivity index (χ0n) is 8.56. The number of nitrogens with zero attached hydrogens (tertiary/aromatic N) is 2. The zero-order valence-corrected chi connectivity index (χ0v) is 10.2. The van der Waals surface area contributed by atoms with Crippen molar-refractivity contribution in [3.8, 4) is 0 Å². The lowest BCUT2D eigenvalue weighted by Gasteiger charge is -1.99. The van der Waals surface area contributed by atoms with E-state index in [1.54, 1.807) is 0 Å². The van der Waals surface area contributed by atoms with E-state index in [9.17, 15) is 0 Å². The third-order valence-corrected chi connectivity index (χ3v) is 3.68. The van der Waals surface area contributed by atoms with E-state index < -0.39 is 0 Å². The molecule has 0 atom stereocenters. The summed E-state index contributed by atoms with van der Waals surface area (Å²) in [6, 6.07) is 4.27. The Morgan fingerprint density at radius 2 is 2.40 bits per heavy atom. The summed E-state index contributed by atoms with van der Waals surface area (Å²) < 4.78 is 2.63. The van der Waals surface area contributed by atoms with Crippen molar-refractivity contribution in [1.82, 2.24) is 14.8 Å². The first-order valence-corrected chi connectivity index (χ1v) is 6.19. The molecule has 2 rings (SSSR count). The second kappa shape index (κ2) is 4.72. The minimum atomic E-state index is 0.695. The molecule has 2 aromatic heterocycles. The Kier molecular flexibility index (Phi) is 3.33. The predicted molar refractivity (Wildman–Crippen MR) is 64.7 cm³/mol. The Hall–Kier alpha value is -0.940. The zero-order chi connectivity index (χ0) is 10.7. The van der Waals surface area contributed by atoms with Crippen LogP contribution in [0.2, 0.25) is 0 Å². The van der Waals surface area contributed by atoms with Crippen molar-refractivity contribution in [2.24, 2.45) is 7.05 Å². The summed E-state index contributed by atoms with van der Waals surface area (Å²) in [5.41, 5.74) is 0. The van der Waals surface area contributed by atoms with Gasteiger partial charge in [-0.3, -0.25) is 5.10 Å². The monoisotopic (exact) mass is 239 g/mol. The summed E-state index contributed by atoms with van der Waals surface area (Å²) in [4.78, 5) is 1.44. The number of aromatic nitrogens is 3. The first-order valence-electron chi connectivity index (χ1n) is 4.90. The van der Waals surface area contributed by atoms with Gasteiger partial charge in [0.1, 0.15) is 5.82 Å². The number of H-pyrrole nitrogens is 1. The number of hydrogen-bond donors (Lipinski definition) is 1. The lowest BCUT2D eigenvalue weighted by molar-refractivity contribution is 0.723. The minimum Gasteiger partial charge on any atom is -0.307 e. The van der Waals surface area contributed by atoms with Gasteiger partial charge in [-0.15, -0.1) is 11.3 Å². The Bertz CT molecular complexity index is 467. The number of aryl methyl sites for hydroxylation is 2. The van der Waals surface area contributed by atoms with Crippen molar-refractivity contribution < 1.29 is 0 Å². The average molecular weight is 239 g/mol. The Morgan fingerprint density at radius 3 is 3.00 bits per heavy atom. The van der Waals surface area contributed by atoms with Gasteiger partial charge in [-0.25, -0.2) is 0 Å². The van der Waals surface area contributed by atoms with Crippen LogP contribution in [-0.4, -0.2) is 14.8 Å². The summed E-state index contributed by atoms with van der Waals surface area (Å²) in [5.74, 6) is 1.04. The van der Waals surface area contributed by atoms with E-state index in [4.69, 9.17) is 12.2 Å². The highest BCUT2D eigenvalue weighted by atomic mass is 32.1. The molecule has 0 bridgehead atoms. The van der Waals surface area contributed by atoms with E-state index in [2.05, 4.69) is 27.7 Å². The van der Waals surface area contributed by atoms with E-state index in [0.717, 1.165) is 25.1 Å². The van der Waals surface area contributed by atoms with Gasteiger partial charge < -0.3 is 4.57 Å². The van der Waals surface area contributed by atoms with Crippen LogP contribution in [0.4, 0.5) is 0 Å². The Morgan fingerprint density at radius 1 is 1.53 bits per heavy atom. The Balaban J connectivity index is 1.89. The molecule has 2 aromatic rings. The molecule has 0 saturated heterocycles. The molecule has 0 aromatic carbocycles. The maximum atomic E-state index is 5.05. The standard InChI is InChI=1S/C10H13N3S2/c1-13-9(11-12-10(13)14)6-2-4-8-5-3-7-15-8/h3,5,7H,2,4,6H2,1H3,(H,12,14). The fourth-order valence-electron chi connectivity index (χ4n) is 1.48. The van der Waals surface area contributed by atoms with Crippen LogP contribution in [0.1, 0.15) is 17.1 Å². The van der Waals surface area contributed by atoms with E-state index in [0.29, 0.717) is 4.77 Å². The smallest absolute Gasteiger partial charge is 0.194 e. The molecule has 0 spiro atoms. The van der Waals surface area contributed by atoms with Gasteiger partial charge in [-0.1, -0.05) is 6.07 Å². The number of rotatable bonds is 4. The van der Waals surface area contributed by atoms with Gasteiger partial charge in [0.05, 0.1) is 0 Å². The van der Waals surface area contributed by atoms with Crippen LogP contribution in [0.15, 0.2) is 17.5 Å². The molecule has 80 valence electrons. The molecule has 0 aliphatic rings. The molecule has 0 saturated carbocycles. The fourth-order valence-corrected chi connectivity index (χ4v) is 2.38. The van der Waals surface area contributed by atoms with E-state index in [1.165, 1.54) is 4.88 Å². The lowest BCUT2D eigenvalue weighted by Crippen LogP contribution is -1.98. The van der Waals surface area contributed by atoms with Crippen LogP contribution in [0.25, 0.3) is 0 Å². The predicted octanol–water partition coefficient (Wildman–Crippen LogP) is 2.71. The molecule has 0 amide bonds. The quantitative estimate of drug-likeness (QED) is 0.832. The first-order chi connectivity index (χ1) is 7.27. The largest absolute Gasteiger partial charge is 0.307 e. The number of aromatic amines is 1.